The molecule has 0 aromatic rings. The van der Waals surface area contributed by atoms with Crippen LogP contribution in [0.2, 0.25) is 0 Å². The van der Waals surface area contributed by atoms with Crippen molar-refractivity contribution in [3.8, 4) is 0 Å². The summed E-state index contributed by atoms with van der Waals surface area (Å²) < 4.78 is 0. The van der Waals surface area contributed by atoms with Crippen LogP contribution in [0.15, 0.2) is 12.0 Å². The van der Waals surface area contributed by atoms with Crippen molar-refractivity contribution in [2.75, 3.05) is 6.54 Å². The third-order valence-electron chi connectivity index (χ3n) is 0.327. The molecule has 0 unspecified atom stereocenters. The van der Waals surface area contributed by atoms with Crippen LogP contribution in [0.25, 0.3) is 0 Å². The van der Waals surface area contributed by atoms with Crippen LogP contribution in [-0.2, 0) is 0 Å². The van der Waals surface area contributed by atoms with Gasteiger partial charge in [-0.3, -0.25) is 0 Å². The lowest BCUT2D eigenvalue weighted by Gasteiger charge is -1.81. The van der Waals surface area contributed by atoms with Gasteiger partial charge in [-0.1, -0.05) is 0 Å². The van der Waals surface area contributed by atoms with Crippen molar-refractivity contribution in [2.24, 2.45) is 11.5 Å². The van der Waals surface area contributed by atoms with E-state index in [1.807, 2.05) is 0 Å². The van der Waals surface area contributed by atoms with Crippen LogP contribution < -0.4 is 11.5 Å². The Labute approximate surface area is 36.3 Å². The van der Waals surface area contributed by atoms with E-state index in [-0.39, 0.29) is 5.88 Å². The standard InChI is InChI=1S/C3H8N2O/c4-2-1-3(5)6/h1,6H,2,4-5H2/b3-1-. The molecule has 36 valence electrons. The molecule has 5 N–H and O–H groups in total. The highest BCUT2D eigenvalue weighted by molar-refractivity contribution is 4.84. The highest BCUT2D eigenvalue weighted by Gasteiger charge is 1.70. The van der Waals surface area contributed by atoms with Crippen LogP contribution in [0.1, 0.15) is 0 Å². The Hall–Kier alpha value is -0.700. The first kappa shape index (κ1) is 5.30. The van der Waals surface area contributed by atoms with Crippen LogP contribution in [-0.4, -0.2) is 11.7 Å². The smallest absolute Gasteiger partial charge is 0.178 e. The van der Waals surface area contributed by atoms with Gasteiger partial charge in [-0.05, 0) is 6.08 Å². The molecule has 0 radical (unpaired) electrons. The molecule has 0 aliphatic heterocycles. The Bertz CT molecular complexity index is 55.8. The minimum atomic E-state index is -0.211. The van der Waals surface area contributed by atoms with E-state index < -0.39 is 0 Å². The van der Waals surface area contributed by atoms with Gasteiger partial charge < -0.3 is 16.6 Å². The normalized spacial score (nSPS) is 11.8. The third-order valence-corrected chi connectivity index (χ3v) is 0.327. The number of hydrogen-bond acceptors (Lipinski definition) is 3. The molecule has 3 nitrogen and oxygen atoms in total. The summed E-state index contributed by atoms with van der Waals surface area (Å²) in [4.78, 5) is 0. The predicted octanol–water partition coefficient (Wildman–Crippen LogP) is -0.697. The zero-order valence-electron chi connectivity index (χ0n) is 3.39. The minimum Gasteiger partial charge on any atom is -0.495 e. The Morgan fingerprint density at radius 1 is 1.83 bits per heavy atom. The van der Waals surface area contributed by atoms with Crippen LogP contribution in [0.3, 0.4) is 0 Å². The van der Waals surface area contributed by atoms with Gasteiger partial charge in [0.1, 0.15) is 0 Å². The number of aliphatic hydroxyl groups is 1. The number of rotatable bonds is 1. The molecular formula is C3H8N2O. The molecule has 0 heterocycles. The van der Waals surface area contributed by atoms with Gasteiger partial charge in [0, 0.05) is 6.54 Å². The average Bonchev–Trinajstić information content (AvgIpc) is 1.35. The van der Waals surface area contributed by atoms with Crippen LogP contribution in [0.5, 0.6) is 0 Å². The van der Waals surface area contributed by atoms with Crippen molar-refractivity contribution >= 4 is 0 Å². The SMILES string of the molecule is NC/C=C(/N)O. The molecule has 0 rings (SSSR count). The highest BCUT2D eigenvalue weighted by atomic mass is 16.3. The molecule has 0 amide bonds. The summed E-state index contributed by atoms with van der Waals surface area (Å²) in [6.45, 7) is 0.294. The van der Waals surface area contributed by atoms with Gasteiger partial charge in [0.25, 0.3) is 0 Å². The zero-order valence-corrected chi connectivity index (χ0v) is 3.39. The summed E-state index contributed by atoms with van der Waals surface area (Å²) in [5.74, 6) is -0.211. The molecule has 0 bridgehead atoms. The van der Waals surface area contributed by atoms with Crippen LogP contribution >= 0.6 is 0 Å². The Kier molecular flexibility index (Phi) is 2.24. The molecule has 0 aliphatic rings. The van der Waals surface area contributed by atoms with E-state index in [1.165, 1.54) is 6.08 Å². The number of aliphatic hydroxyl groups excluding tert-OH is 1. The second-order valence-electron chi connectivity index (χ2n) is 0.865. The zero-order chi connectivity index (χ0) is 4.99. The van der Waals surface area contributed by atoms with E-state index >= 15 is 0 Å². The molecule has 0 saturated heterocycles. The Morgan fingerprint density at radius 3 is 2.33 bits per heavy atom. The quantitative estimate of drug-likeness (QED) is 0.371. The summed E-state index contributed by atoms with van der Waals surface area (Å²) in [5.41, 5.74) is 9.65. The van der Waals surface area contributed by atoms with Gasteiger partial charge >= 0.3 is 0 Å². The first-order valence-corrected chi connectivity index (χ1v) is 1.62. The maximum atomic E-state index is 8.11. The predicted molar refractivity (Wildman–Crippen MR) is 24.0 cm³/mol. The topological polar surface area (TPSA) is 72.3 Å². The maximum absolute atomic E-state index is 8.11. The highest BCUT2D eigenvalue weighted by Crippen LogP contribution is 1.65. The number of nitrogens with two attached hydrogens (primary N) is 2. The van der Waals surface area contributed by atoms with Crippen LogP contribution in [0.4, 0.5) is 0 Å². The molecule has 0 aliphatic carbocycles. The molecule has 0 atom stereocenters. The first-order chi connectivity index (χ1) is 2.77. The summed E-state index contributed by atoms with van der Waals surface area (Å²) in [7, 11) is 0. The summed E-state index contributed by atoms with van der Waals surface area (Å²) in [6.07, 6.45) is 1.32. The molecule has 0 aromatic heterocycles. The van der Waals surface area contributed by atoms with E-state index in [2.05, 4.69) is 0 Å². The van der Waals surface area contributed by atoms with E-state index in [1.54, 1.807) is 0 Å². The molecule has 0 aromatic carbocycles. The average molecular weight is 88.1 g/mol. The van der Waals surface area contributed by atoms with Gasteiger partial charge in [0.05, 0.1) is 0 Å². The molecule has 3 heteroatoms. The van der Waals surface area contributed by atoms with Crippen molar-refractivity contribution < 1.29 is 5.11 Å². The fraction of sp³-hybridized carbons (Fsp3) is 0.333. The lowest BCUT2D eigenvalue weighted by molar-refractivity contribution is 0.404. The van der Waals surface area contributed by atoms with Crippen molar-refractivity contribution in [3.63, 3.8) is 0 Å². The molecule has 6 heavy (non-hydrogen) atoms. The van der Waals surface area contributed by atoms with Crippen molar-refractivity contribution in [2.45, 2.75) is 0 Å². The van der Waals surface area contributed by atoms with Crippen molar-refractivity contribution in [1.82, 2.24) is 0 Å². The van der Waals surface area contributed by atoms with Crippen molar-refractivity contribution in [1.29, 1.82) is 0 Å². The summed E-state index contributed by atoms with van der Waals surface area (Å²) in [6, 6.07) is 0. The first-order valence-electron chi connectivity index (χ1n) is 1.62. The maximum Gasteiger partial charge on any atom is 0.178 e. The fourth-order valence-electron chi connectivity index (χ4n) is 0.121. The largest absolute Gasteiger partial charge is 0.495 e. The molecule has 0 spiro atoms. The second-order valence-corrected chi connectivity index (χ2v) is 0.865. The Morgan fingerprint density at radius 2 is 2.33 bits per heavy atom. The van der Waals surface area contributed by atoms with Gasteiger partial charge in [-0.25, -0.2) is 0 Å². The van der Waals surface area contributed by atoms with E-state index in [0.29, 0.717) is 6.54 Å². The summed E-state index contributed by atoms with van der Waals surface area (Å²) in [5, 5.41) is 8.11. The van der Waals surface area contributed by atoms with Gasteiger partial charge in [-0.15, -0.1) is 0 Å². The number of hydrogen-bond donors (Lipinski definition) is 3. The minimum absolute atomic E-state index is 0.211. The van der Waals surface area contributed by atoms with E-state index in [9.17, 15) is 0 Å². The Balaban J connectivity index is 3.14. The fourth-order valence-corrected chi connectivity index (χ4v) is 0.121. The molecule has 0 fully saturated rings. The lowest BCUT2D eigenvalue weighted by atomic mass is 10.6. The molecular weight excluding hydrogens is 80.0 g/mol. The van der Waals surface area contributed by atoms with Gasteiger partial charge in [0.15, 0.2) is 5.88 Å². The van der Waals surface area contributed by atoms with Crippen LogP contribution in [0, 0.1) is 0 Å². The summed E-state index contributed by atoms with van der Waals surface area (Å²) >= 11 is 0. The van der Waals surface area contributed by atoms with E-state index in [4.69, 9.17) is 16.6 Å². The third kappa shape index (κ3) is 3.30. The van der Waals surface area contributed by atoms with Gasteiger partial charge in [0.2, 0.25) is 0 Å². The van der Waals surface area contributed by atoms with Gasteiger partial charge in [-0.2, -0.15) is 0 Å². The monoisotopic (exact) mass is 88.1 g/mol. The molecule has 0 saturated carbocycles. The van der Waals surface area contributed by atoms with E-state index in [0.717, 1.165) is 0 Å². The van der Waals surface area contributed by atoms with Crippen molar-refractivity contribution in [3.05, 3.63) is 12.0 Å². The second kappa shape index (κ2) is 2.53. The lowest BCUT2D eigenvalue weighted by Crippen LogP contribution is -2.00.